The van der Waals surface area contributed by atoms with Crippen LogP contribution in [0.15, 0.2) is 48.5 Å². The van der Waals surface area contributed by atoms with Gasteiger partial charge in [-0.2, -0.15) is 0 Å². The summed E-state index contributed by atoms with van der Waals surface area (Å²) in [7, 11) is 0. The molecule has 2 nitrogen and oxygen atoms in total. The SMILES string of the molecule is [O-]c1nc2ccccc2c2ccccc12. The fourth-order valence-electron chi connectivity index (χ4n) is 1.87. The van der Waals surface area contributed by atoms with Crippen molar-refractivity contribution in [3.63, 3.8) is 0 Å². The Morgan fingerprint density at radius 2 is 1.33 bits per heavy atom. The molecular formula is C13H8NO-. The van der Waals surface area contributed by atoms with Gasteiger partial charge in [0.05, 0.1) is 5.52 Å². The van der Waals surface area contributed by atoms with Gasteiger partial charge in [0.25, 0.3) is 0 Å². The van der Waals surface area contributed by atoms with Crippen molar-refractivity contribution in [2.24, 2.45) is 0 Å². The number of pyridine rings is 1. The van der Waals surface area contributed by atoms with Gasteiger partial charge in [-0.25, -0.2) is 0 Å². The van der Waals surface area contributed by atoms with Crippen LogP contribution in [0.3, 0.4) is 0 Å². The summed E-state index contributed by atoms with van der Waals surface area (Å²) in [5.74, 6) is -0.149. The van der Waals surface area contributed by atoms with Crippen molar-refractivity contribution < 1.29 is 5.11 Å². The molecule has 0 aliphatic heterocycles. The lowest BCUT2D eigenvalue weighted by Crippen LogP contribution is -1.95. The molecule has 1 aromatic heterocycles. The van der Waals surface area contributed by atoms with Crippen LogP contribution in [0.4, 0.5) is 0 Å². The highest BCUT2D eigenvalue weighted by Crippen LogP contribution is 2.27. The van der Waals surface area contributed by atoms with E-state index < -0.39 is 0 Å². The lowest BCUT2D eigenvalue weighted by molar-refractivity contribution is -0.271. The largest absolute Gasteiger partial charge is 0.858 e. The molecule has 0 aliphatic rings. The Bertz CT molecular complexity index is 646. The first-order chi connectivity index (χ1) is 7.36. The third-order valence-electron chi connectivity index (χ3n) is 2.57. The first-order valence-corrected chi connectivity index (χ1v) is 4.81. The third kappa shape index (κ3) is 1.15. The van der Waals surface area contributed by atoms with Crippen LogP contribution in [0.5, 0.6) is 5.88 Å². The summed E-state index contributed by atoms with van der Waals surface area (Å²) in [6.45, 7) is 0. The van der Waals surface area contributed by atoms with Gasteiger partial charge in [0.1, 0.15) is 0 Å². The highest BCUT2D eigenvalue weighted by atomic mass is 16.3. The van der Waals surface area contributed by atoms with Crippen LogP contribution in [0, 0.1) is 0 Å². The Labute approximate surface area is 86.8 Å². The van der Waals surface area contributed by atoms with Gasteiger partial charge in [0.15, 0.2) is 0 Å². The monoisotopic (exact) mass is 194 g/mol. The van der Waals surface area contributed by atoms with Gasteiger partial charge in [-0.3, -0.25) is 4.98 Å². The molecule has 2 heteroatoms. The molecular weight excluding hydrogens is 186 g/mol. The van der Waals surface area contributed by atoms with Gasteiger partial charge in [-0.1, -0.05) is 42.5 Å². The Balaban J connectivity index is 2.64. The molecule has 0 saturated heterocycles. The number of nitrogens with zero attached hydrogens (tertiary/aromatic N) is 1. The highest BCUT2D eigenvalue weighted by Gasteiger charge is 2.00. The molecule has 0 aliphatic carbocycles. The minimum absolute atomic E-state index is 0.149. The van der Waals surface area contributed by atoms with E-state index in [1.165, 1.54) is 0 Å². The smallest absolute Gasteiger partial charge is 0.0701 e. The van der Waals surface area contributed by atoms with Gasteiger partial charge in [0, 0.05) is 5.39 Å². The van der Waals surface area contributed by atoms with Crippen LogP contribution in [-0.2, 0) is 0 Å². The molecule has 2 aromatic carbocycles. The predicted octanol–water partition coefficient (Wildman–Crippen LogP) is 2.46. The highest BCUT2D eigenvalue weighted by molar-refractivity contribution is 6.07. The Morgan fingerprint density at radius 1 is 0.733 bits per heavy atom. The van der Waals surface area contributed by atoms with E-state index in [0.29, 0.717) is 5.39 Å². The molecule has 0 fully saturated rings. The molecule has 15 heavy (non-hydrogen) atoms. The van der Waals surface area contributed by atoms with Crippen molar-refractivity contribution in [2.75, 3.05) is 0 Å². The zero-order chi connectivity index (χ0) is 10.3. The lowest BCUT2D eigenvalue weighted by atomic mass is 10.1. The van der Waals surface area contributed by atoms with Crippen molar-refractivity contribution >= 4 is 21.7 Å². The Hall–Kier alpha value is -2.09. The van der Waals surface area contributed by atoms with Gasteiger partial charge in [-0.15, -0.1) is 0 Å². The van der Waals surface area contributed by atoms with Crippen LogP contribution < -0.4 is 5.11 Å². The van der Waals surface area contributed by atoms with E-state index >= 15 is 0 Å². The molecule has 0 saturated carbocycles. The second kappa shape index (κ2) is 2.95. The normalized spacial score (nSPS) is 10.9. The zero-order valence-electron chi connectivity index (χ0n) is 7.97. The third-order valence-corrected chi connectivity index (χ3v) is 2.57. The number of hydrogen-bond acceptors (Lipinski definition) is 2. The van der Waals surface area contributed by atoms with Crippen molar-refractivity contribution in [3.8, 4) is 5.88 Å². The summed E-state index contributed by atoms with van der Waals surface area (Å²) in [6, 6.07) is 15.3. The van der Waals surface area contributed by atoms with E-state index in [0.717, 1.165) is 16.3 Å². The quantitative estimate of drug-likeness (QED) is 0.515. The topological polar surface area (TPSA) is 36.0 Å². The molecule has 3 aromatic rings. The average molecular weight is 194 g/mol. The van der Waals surface area contributed by atoms with Crippen LogP contribution in [0.1, 0.15) is 0 Å². The van der Waals surface area contributed by atoms with Gasteiger partial charge in [-0.05, 0) is 22.7 Å². The Kier molecular flexibility index (Phi) is 1.62. The molecule has 3 rings (SSSR count). The standard InChI is InChI=1S/C13H9NO/c15-13-11-7-2-1-5-9(11)10-6-3-4-8-12(10)14-13/h1-8H,(H,14,15)/p-1. The van der Waals surface area contributed by atoms with Gasteiger partial charge >= 0.3 is 0 Å². The van der Waals surface area contributed by atoms with E-state index in [1.807, 2.05) is 48.5 Å². The first-order valence-electron chi connectivity index (χ1n) is 4.81. The number of benzene rings is 2. The summed E-state index contributed by atoms with van der Waals surface area (Å²) in [4.78, 5) is 4.05. The number of hydrogen-bond donors (Lipinski definition) is 0. The molecule has 0 spiro atoms. The van der Waals surface area contributed by atoms with E-state index in [9.17, 15) is 5.11 Å². The minimum Gasteiger partial charge on any atom is -0.858 e. The van der Waals surface area contributed by atoms with Crippen molar-refractivity contribution in [1.29, 1.82) is 0 Å². The lowest BCUT2D eigenvalue weighted by Gasteiger charge is -2.11. The zero-order valence-corrected chi connectivity index (χ0v) is 7.97. The van der Waals surface area contributed by atoms with E-state index in [-0.39, 0.29) is 5.88 Å². The van der Waals surface area contributed by atoms with Gasteiger partial charge < -0.3 is 5.11 Å². The molecule has 0 N–H and O–H groups in total. The average Bonchev–Trinajstić information content (AvgIpc) is 2.30. The van der Waals surface area contributed by atoms with E-state index in [1.54, 1.807) is 0 Å². The summed E-state index contributed by atoms with van der Waals surface area (Å²) < 4.78 is 0. The second-order valence-corrected chi connectivity index (χ2v) is 3.48. The van der Waals surface area contributed by atoms with Crippen molar-refractivity contribution in [2.45, 2.75) is 0 Å². The maximum absolute atomic E-state index is 11.7. The predicted molar refractivity (Wildman–Crippen MR) is 58.7 cm³/mol. The number of aromatic nitrogens is 1. The maximum atomic E-state index is 11.7. The fourth-order valence-corrected chi connectivity index (χ4v) is 1.87. The van der Waals surface area contributed by atoms with E-state index in [4.69, 9.17) is 0 Å². The molecule has 0 atom stereocenters. The number of rotatable bonds is 0. The van der Waals surface area contributed by atoms with Crippen LogP contribution >= 0.6 is 0 Å². The summed E-state index contributed by atoms with van der Waals surface area (Å²) >= 11 is 0. The van der Waals surface area contributed by atoms with E-state index in [2.05, 4.69) is 4.98 Å². The van der Waals surface area contributed by atoms with Crippen molar-refractivity contribution in [3.05, 3.63) is 48.5 Å². The minimum atomic E-state index is -0.149. The number of para-hydroxylation sites is 1. The summed E-state index contributed by atoms with van der Waals surface area (Å²) in [5, 5.41) is 14.4. The first kappa shape index (κ1) is 8.24. The number of fused-ring (bicyclic) bond motifs is 3. The summed E-state index contributed by atoms with van der Waals surface area (Å²) in [5.41, 5.74) is 0.765. The van der Waals surface area contributed by atoms with Crippen LogP contribution in [0.2, 0.25) is 0 Å². The molecule has 0 unspecified atom stereocenters. The maximum Gasteiger partial charge on any atom is 0.0701 e. The van der Waals surface area contributed by atoms with Crippen LogP contribution in [-0.4, -0.2) is 4.98 Å². The summed E-state index contributed by atoms with van der Waals surface area (Å²) in [6.07, 6.45) is 0. The molecule has 0 amide bonds. The molecule has 72 valence electrons. The van der Waals surface area contributed by atoms with Gasteiger partial charge in [0.2, 0.25) is 0 Å². The second-order valence-electron chi connectivity index (χ2n) is 3.48. The van der Waals surface area contributed by atoms with Crippen molar-refractivity contribution in [1.82, 2.24) is 4.98 Å². The fraction of sp³-hybridized carbons (Fsp3) is 0. The Morgan fingerprint density at radius 3 is 2.13 bits per heavy atom. The van der Waals surface area contributed by atoms with Crippen LogP contribution in [0.25, 0.3) is 21.7 Å². The molecule has 1 heterocycles. The molecule has 0 radical (unpaired) electrons. The molecule has 0 bridgehead atoms.